The molecule has 0 unspecified atom stereocenters. The van der Waals surface area contributed by atoms with Gasteiger partial charge in [-0.2, -0.15) is 8.42 Å². The molecule has 0 aliphatic carbocycles. The molecule has 0 amide bonds. The van der Waals surface area contributed by atoms with E-state index in [2.05, 4.69) is 0 Å². The van der Waals surface area contributed by atoms with E-state index in [1.54, 1.807) is 0 Å². The zero-order chi connectivity index (χ0) is 10.9. The van der Waals surface area contributed by atoms with E-state index >= 15 is 0 Å². The monoisotopic (exact) mass is 246 g/mol. The van der Waals surface area contributed by atoms with Gasteiger partial charge in [-0.15, -0.1) is 0 Å². The molecule has 0 atom stereocenters. The van der Waals surface area contributed by atoms with Crippen molar-refractivity contribution in [3.05, 3.63) is 0 Å². The quantitative estimate of drug-likeness (QED) is 0.309. The molecular formula is H2F7O3PS. The first kappa shape index (κ1) is 14.4. The number of hydrogen-bond donors (Lipinski definition) is 1. The third-order valence-electron chi connectivity index (χ3n) is 0. The molecule has 0 aromatic carbocycles. The van der Waals surface area contributed by atoms with Crippen molar-refractivity contribution in [2.45, 2.75) is 0 Å². The Labute approximate surface area is 62.9 Å². The van der Waals surface area contributed by atoms with Crippen molar-refractivity contribution < 1.29 is 43.5 Å². The minimum absolute atomic E-state index is 0. The average Bonchev–Trinajstić information content (AvgIpc) is 1.04. The topological polar surface area (TPSA) is 54.4 Å². The van der Waals surface area contributed by atoms with Gasteiger partial charge in [-0.1, -0.05) is 3.89 Å². The van der Waals surface area contributed by atoms with Crippen molar-refractivity contribution in [3.8, 4) is 0 Å². The molecule has 0 spiro atoms. The molecule has 0 bridgehead atoms. The molecule has 0 rings (SSSR count). The Bertz CT molecular complexity index is 226. The molecule has 12 heteroatoms. The Morgan fingerprint density at radius 2 is 1.00 bits per heavy atom. The van der Waals surface area contributed by atoms with Crippen LogP contribution in [0.25, 0.3) is 0 Å². The molecular weight excluding hydrogens is 244 g/mol. The van der Waals surface area contributed by atoms with E-state index in [4.69, 9.17) is 13.0 Å². The molecule has 0 fully saturated rings. The summed E-state index contributed by atoms with van der Waals surface area (Å²) < 4.78 is 93.3. The fourth-order valence-electron chi connectivity index (χ4n) is 0. The Balaban J connectivity index is -0.000000150. The number of rotatable bonds is 0. The first-order valence-electron chi connectivity index (χ1n) is 1.68. The second kappa shape index (κ2) is 2.42. The second-order valence-electron chi connectivity index (χ2n) is 1.37. The summed E-state index contributed by atoms with van der Waals surface area (Å²) in [5.74, 6) is 0. The van der Waals surface area contributed by atoms with Crippen molar-refractivity contribution in [2.24, 2.45) is 0 Å². The van der Waals surface area contributed by atoms with Gasteiger partial charge in [0.05, 0.1) is 0 Å². The van der Waals surface area contributed by atoms with Gasteiger partial charge < -0.3 is 0 Å². The predicted octanol–water partition coefficient (Wildman–Crippen LogP) is 3.25. The van der Waals surface area contributed by atoms with E-state index in [-0.39, 0.29) is 1.43 Å². The summed E-state index contributed by atoms with van der Waals surface area (Å²) in [4.78, 5) is 0. The van der Waals surface area contributed by atoms with Crippen LogP contribution in [0.5, 0.6) is 0 Å². The van der Waals surface area contributed by atoms with Crippen molar-refractivity contribution in [1.82, 2.24) is 0 Å². The molecule has 12 heavy (non-hydrogen) atoms. The summed E-state index contributed by atoms with van der Waals surface area (Å²) in [6, 6.07) is 0. The van der Waals surface area contributed by atoms with Crippen LogP contribution in [0.15, 0.2) is 0 Å². The molecule has 1 N–H and O–H groups in total. The zero-order valence-electron chi connectivity index (χ0n) is 5.76. The van der Waals surface area contributed by atoms with Crippen LogP contribution in [-0.2, 0) is 10.5 Å². The van der Waals surface area contributed by atoms with Gasteiger partial charge in [-0.3, -0.25) is 4.55 Å². The maximum Gasteiger partial charge on any atom is 1.00 e. The van der Waals surface area contributed by atoms with Crippen molar-refractivity contribution >= 4 is 18.3 Å². The van der Waals surface area contributed by atoms with Gasteiger partial charge in [0.2, 0.25) is 0 Å². The summed E-state index contributed by atoms with van der Waals surface area (Å²) in [6.45, 7) is 0. The van der Waals surface area contributed by atoms with E-state index in [0.29, 0.717) is 0 Å². The van der Waals surface area contributed by atoms with Gasteiger partial charge >= 0.3 is 44.9 Å². The molecule has 0 saturated heterocycles. The van der Waals surface area contributed by atoms with E-state index in [9.17, 15) is 29.1 Å². The van der Waals surface area contributed by atoms with Crippen LogP contribution in [0.4, 0.5) is 29.1 Å². The molecule has 0 aromatic heterocycles. The van der Waals surface area contributed by atoms with Gasteiger partial charge in [0.25, 0.3) is 0 Å². The Morgan fingerprint density at radius 1 is 1.00 bits per heavy atom. The summed E-state index contributed by atoms with van der Waals surface area (Å²) in [5, 5.41) is 0. The smallest absolute Gasteiger partial charge is 0.260 e. The predicted molar refractivity (Wildman–Crippen MR) is 27.3 cm³/mol. The van der Waals surface area contributed by atoms with E-state index < -0.39 is 18.3 Å². The van der Waals surface area contributed by atoms with Crippen LogP contribution >= 0.6 is 7.81 Å². The fraction of sp³-hybridized carbons (Fsp3) is 0. The van der Waals surface area contributed by atoms with Crippen LogP contribution in [0.3, 0.4) is 0 Å². The Hall–Kier alpha value is -0.150. The Morgan fingerprint density at radius 3 is 1.00 bits per heavy atom. The van der Waals surface area contributed by atoms with E-state index in [1.807, 2.05) is 0 Å². The summed E-state index contributed by atoms with van der Waals surface area (Å²) in [5.41, 5.74) is 0. The van der Waals surface area contributed by atoms with Gasteiger partial charge in [0, 0.05) is 0 Å². The number of hydrogen-bond acceptors (Lipinski definition) is 2. The standard InChI is InChI=1S/F6P.FHO3S/c1-7(2,3,4,5)6;1-5(2,3)4/h;(H,2,3,4)/q-1;/p+1. The van der Waals surface area contributed by atoms with E-state index in [0.717, 1.165) is 0 Å². The van der Waals surface area contributed by atoms with Crippen molar-refractivity contribution in [3.63, 3.8) is 0 Å². The SMILES string of the molecule is F[P-](F)(F)(F)(F)F.O=S(=O)(O)F.[H+]. The molecule has 0 heterocycles. The molecule has 0 aliphatic rings. The molecule has 0 radical (unpaired) electrons. The maximum atomic E-state index is 10.2. The summed E-state index contributed by atoms with van der Waals surface area (Å²) in [7, 11) is -15.8. The normalized spacial score (nSPS) is 18.3. The minimum Gasteiger partial charge on any atom is -0.260 e. The third kappa shape index (κ3) is 34300. The van der Waals surface area contributed by atoms with Gasteiger partial charge in [-0.05, 0) is 0 Å². The number of halogens is 7. The first-order chi connectivity index (χ1) is 4.45. The van der Waals surface area contributed by atoms with E-state index in [1.165, 1.54) is 0 Å². The van der Waals surface area contributed by atoms with Crippen LogP contribution in [0, 0.1) is 0 Å². The van der Waals surface area contributed by atoms with Gasteiger partial charge in [0.15, 0.2) is 0 Å². The molecule has 3 nitrogen and oxygen atoms in total. The van der Waals surface area contributed by atoms with Crippen LogP contribution < -0.4 is 0 Å². The Kier molecular flexibility index (Phi) is 2.90. The molecule has 80 valence electrons. The van der Waals surface area contributed by atoms with Crippen LogP contribution in [-0.4, -0.2) is 13.0 Å². The molecule has 0 aromatic rings. The van der Waals surface area contributed by atoms with Gasteiger partial charge in [-0.25, -0.2) is 0 Å². The van der Waals surface area contributed by atoms with Crippen LogP contribution in [0.1, 0.15) is 1.43 Å². The van der Waals surface area contributed by atoms with Crippen molar-refractivity contribution in [2.75, 3.05) is 0 Å². The van der Waals surface area contributed by atoms with Gasteiger partial charge in [0.1, 0.15) is 0 Å². The largest absolute Gasteiger partial charge is 1.00 e. The maximum absolute atomic E-state index is 10.7. The molecule has 0 saturated carbocycles. The zero-order valence-corrected chi connectivity index (χ0v) is 6.48. The second-order valence-corrected chi connectivity index (χ2v) is 4.11. The fourth-order valence-corrected chi connectivity index (χ4v) is 0. The first-order valence-corrected chi connectivity index (χ1v) is 5.05. The summed E-state index contributed by atoms with van der Waals surface area (Å²) in [6.07, 6.45) is 0. The van der Waals surface area contributed by atoms with Crippen molar-refractivity contribution in [1.29, 1.82) is 0 Å². The summed E-state index contributed by atoms with van der Waals surface area (Å²) >= 11 is 0. The molecule has 0 aliphatic heterocycles. The minimum atomic E-state index is -10.7. The average molecular weight is 246 g/mol. The third-order valence-corrected chi connectivity index (χ3v) is 0. The van der Waals surface area contributed by atoms with Crippen LogP contribution in [0.2, 0.25) is 0 Å².